The van der Waals surface area contributed by atoms with E-state index in [9.17, 15) is 19.2 Å². The number of carbonyl (C=O) groups is 4. The van der Waals surface area contributed by atoms with E-state index in [2.05, 4.69) is 26.1 Å². The molecule has 1 aromatic carbocycles. The van der Waals surface area contributed by atoms with E-state index < -0.39 is 29.7 Å². The van der Waals surface area contributed by atoms with Crippen LogP contribution in [0.1, 0.15) is 54.3 Å². The number of amides is 4. The summed E-state index contributed by atoms with van der Waals surface area (Å²) >= 11 is 0. The Kier molecular flexibility index (Phi) is 5.02. The molecular formula is C17H21N3O4. The molecule has 128 valence electrons. The first-order valence-corrected chi connectivity index (χ1v) is 7.84. The van der Waals surface area contributed by atoms with E-state index in [4.69, 9.17) is 5.73 Å². The molecule has 3 N–H and O–H groups in total. The number of nitrogens with zero attached hydrogens (tertiary/aromatic N) is 1. The summed E-state index contributed by atoms with van der Waals surface area (Å²) in [7, 11) is 0. The molecular weight excluding hydrogens is 310 g/mol. The lowest BCUT2D eigenvalue weighted by molar-refractivity contribution is -0.136. The third kappa shape index (κ3) is 3.29. The van der Waals surface area contributed by atoms with E-state index in [1.165, 1.54) is 12.1 Å². The average molecular weight is 331 g/mol. The van der Waals surface area contributed by atoms with Crippen molar-refractivity contribution in [2.24, 2.45) is 5.92 Å². The second kappa shape index (κ2) is 6.82. The first-order chi connectivity index (χ1) is 11.2. The Hall–Kier alpha value is -2.70. The van der Waals surface area contributed by atoms with Crippen LogP contribution in [-0.4, -0.2) is 34.6 Å². The van der Waals surface area contributed by atoms with Crippen LogP contribution in [0.3, 0.4) is 0 Å². The Morgan fingerprint density at radius 1 is 1.12 bits per heavy atom. The molecule has 2 heterocycles. The number of nitrogens with two attached hydrogens (primary N) is 1. The van der Waals surface area contributed by atoms with Crippen molar-refractivity contribution in [1.29, 1.82) is 0 Å². The number of nitrogen functional groups attached to an aromatic ring is 1. The molecule has 3 rings (SSSR count). The zero-order chi connectivity index (χ0) is 18.0. The number of fused-ring (bicyclic) bond motifs is 1. The lowest BCUT2D eigenvalue weighted by Crippen LogP contribution is -2.54. The monoisotopic (exact) mass is 331 g/mol. The smallest absolute Gasteiger partial charge is 0.264 e. The van der Waals surface area contributed by atoms with Crippen LogP contribution in [0.25, 0.3) is 0 Å². The van der Waals surface area contributed by atoms with Gasteiger partial charge in [0.15, 0.2) is 0 Å². The second-order valence-electron chi connectivity index (χ2n) is 6.45. The van der Waals surface area contributed by atoms with Gasteiger partial charge in [-0.25, -0.2) is 0 Å². The van der Waals surface area contributed by atoms with Gasteiger partial charge in [0.1, 0.15) is 6.04 Å². The average Bonchev–Trinajstić information content (AvgIpc) is 2.72. The van der Waals surface area contributed by atoms with E-state index in [0.717, 1.165) is 10.8 Å². The standard InChI is InChI=1S/C13H11N3O4.C4H10/c14-7-3-1-2-6-10(7)13(20)16(12(6)19)8-4-5-9(17)15-11(8)18;1-4(2)3/h1-3,8H,4-5,14H2,(H,15,17,18);4H,1-3H3. The molecule has 24 heavy (non-hydrogen) atoms. The second-order valence-corrected chi connectivity index (χ2v) is 6.45. The van der Waals surface area contributed by atoms with Gasteiger partial charge in [0, 0.05) is 12.1 Å². The van der Waals surface area contributed by atoms with Crippen LogP contribution < -0.4 is 11.1 Å². The molecule has 4 amide bonds. The summed E-state index contributed by atoms with van der Waals surface area (Å²) in [6, 6.07) is 3.64. The van der Waals surface area contributed by atoms with Gasteiger partial charge in [-0.05, 0) is 24.5 Å². The summed E-state index contributed by atoms with van der Waals surface area (Å²) in [5, 5.41) is 2.13. The number of carbonyl (C=O) groups excluding carboxylic acids is 4. The van der Waals surface area contributed by atoms with Crippen LogP contribution in [0, 0.1) is 5.92 Å². The fourth-order valence-corrected chi connectivity index (χ4v) is 2.54. The Balaban J connectivity index is 0.000000471. The third-order valence-corrected chi connectivity index (χ3v) is 3.50. The Bertz CT molecular complexity index is 709. The highest BCUT2D eigenvalue weighted by atomic mass is 16.2. The van der Waals surface area contributed by atoms with Crippen molar-refractivity contribution in [2.75, 3.05) is 5.73 Å². The molecule has 0 aromatic heterocycles. The number of nitrogens with one attached hydrogen (secondary N) is 1. The van der Waals surface area contributed by atoms with Crippen molar-refractivity contribution < 1.29 is 19.2 Å². The van der Waals surface area contributed by atoms with E-state index in [0.29, 0.717) is 0 Å². The lowest BCUT2D eigenvalue weighted by atomic mass is 10.0. The minimum atomic E-state index is -0.959. The van der Waals surface area contributed by atoms with Gasteiger partial charge in [-0.15, -0.1) is 0 Å². The molecule has 2 aliphatic heterocycles. The van der Waals surface area contributed by atoms with Crippen LogP contribution in [0.15, 0.2) is 18.2 Å². The predicted molar refractivity (Wildman–Crippen MR) is 88.0 cm³/mol. The number of anilines is 1. The molecule has 1 fully saturated rings. The van der Waals surface area contributed by atoms with Crippen molar-refractivity contribution in [1.82, 2.24) is 10.2 Å². The fourth-order valence-electron chi connectivity index (χ4n) is 2.54. The lowest BCUT2D eigenvalue weighted by Gasteiger charge is -2.27. The van der Waals surface area contributed by atoms with E-state index in [-0.39, 0.29) is 29.7 Å². The van der Waals surface area contributed by atoms with Crippen molar-refractivity contribution in [2.45, 2.75) is 39.7 Å². The first kappa shape index (κ1) is 17.7. The zero-order valence-electron chi connectivity index (χ0n) is 14.0. The van der Waals surface area contributed by atoms with E-state index >= 15 is 0 Å². The fraction of sp³-hybridized carbons (Fsp3) is 0.412. The summed E-state index contributed by atoms with van der Waals surface area (Å²) in [4.78, 5) is 48.4. The van der Waals surface area contributed by atoms with Crippen LogP contribution in [-0.2, 0) is 9.59 Å². The quantitative estimate of drug-likeness (QED) is 0.596. The van der Waals surface area contributed by atoms with Gasteiger partial charge in [0.05, 0.1) is 11.1 Å². The van der Waals surface area contributed by atoms with Gasteiger partial charge in [-0.1, -0.05) is 26.8 Å². The van der Waals surface area contributed by atoms with Gasteiger partial charge >= 0.3 is 0 Å². The highest BCUT2D eigenvalue weighted by Crippen LogP contribution is 2.30. The molecule has 0 aliphatic carbocycles. The first-order valence-electron chi connectivity index (χ1n) is 7.84. The summed E-state index contributed by atoms with van der Waals surface area (Å²) in [5.74, 6) is -1.33. The number of piperidine rings is 1. The Morgan fingerprint density at radius 3 is 2.29 bits per heavy atom. The van der Waals surface area contributed by atoms with Crippen molar-refractivity contribution in [3.63, 3.8) is 0 Å². The molecule has 0 spiro atoms. The van der Waals surface area contributed by atoms with Crippen LogP contribution in [0.5, 0.6) is 0 Å². The Labute approximate surface area is 140 Å². The maximum atomic E-state index is 12.3. The topological polar surface area (TPSA) is 110 Å². The molecule has 0 radical (unpaired) electrons. The maximum Gasteiger partial charge on any atom is 0.264 e. The van der Waals surface area contributed by atoms with Crippen molar-refractivity contribution in [3.8, 4) is 0 Å². The molecule has 1 atom stereocenters. The highest BCUT2D eigenvalue weighted by molar-refractivity contribution is 6.25. The number of rotatable bonds is 1. The zero-order valence-corrected chi connectivity index (χ0v) is 14.0. The van der Waals surface area contributed by atoms with Gasteiger partial charge in [-0.3, -0.25) is 29.4 Å². The van der Waals surface area contributed by atoms with Gasteiger partial charge in [0.2, 0.25) is 11.8 Å². The molecule has 7 nitrogen and oxygen atoms in total. The SMILES string of the molecule is CC(C)C.Nc1cccc2c1C(=O)N(C1CCC(=O)NC1=O)C2=O. The molecule has 0 saturated carbocycles. The molecule has 2 aliphatic rings. The normalized spacial score (nSPS) is 19.8. The molecule has 1 saturated heterocycles. The van der Waals surface area contributed by atoms with Gasteiger partial charge < -0.3 is 5.73 Å². The summed E-state index contributed by atoms with van der Waals surface area (Å²) in [5.41, 5.74) is 6.24. The van der Waals surface area contributed by atoms with Gasteiger partial charge in [0.25, 0.3) is 11.8 Å². The highest BCUT2D eigenvalue weighted by Gasteiger charge is 2.45. The molecule has 1 aromatic rings. The number of benzene rings is 1. The molecule has 7 heteroatoms. The number of hydrogen-bond donors (Lipinski definition) is 2. The van der Waals surface area contributed by atoms with Crippen LogP contribution in [0.2, 0.25) is 0 Å². The van der Waals surface area contributed by atoms with Crippen LogP contribution >= 0.6 is 0 Å². The van der Waals surface area contributed by atoms with E-state index in [1.807, 2.05) is 0 Å². The predicted octanol–water partition coefficient (Wildman–Crippen LogP) is 1.33. The van der Waals surface area contributed by atoms with Gasteiger partial charge in [-0.2, -0.15) is 0 Å². The minimum absolute atomic E-state index is 0.0965. The van der Waals surface area contributed by atoms with Crippen molar-refractivity contribution >= 4 is 29.3 Å². The summed E-state index contributed by atoms with van der Waals surface area (Å²) in [6.45, 7) is 6.50. The van der Waals surface area contributed by atoms with E-state index in [1.54, 1.807) is 6.07 Å². The maximum absolute atomic E-state index is 12.3. The number of hydrogen-bond acceptors (Lipinski definition) is 5. The summed E-state index contributed by atoms with van der Waals surface area (Å²) < 4.78 is 0. The largest absolute Gasteiger partial charge is 0.398 e. The third-order valence-electron chi connectivity index (χ3n) is 3.50. The summed E-state index contributed by atoms with van der Waals surface area (Å²) in [6.07, 6.45) is 0.231. The Morgan fingerprint density at radius 2 is 1.75 bits per heavy atom. The van der Waals surface area contributed by atoms with Crippen molar-refractivity contribution in [3.05, 3.63) is 29.3 Å². The minimum Gasteiger partial charge on any atom is -0.398 e. The molecule has 1 unspecified atom stereocenters. The molecule has 0 bridgehead atoms. The van der Waals surface area contributed by atoms with Crippen LogP contribution in [0.4, 0.5) is 5.69 Å². The number of imide groups is 2.